The lowest BCUT2D eigenvalue weighted by Gasteiger charge is -2.16. The maximum atomic E-state index is 5.58. The van der Waals surface area contributed by atoms with Crippen molar-refractivity contribution >= 4 is 28.4 Å². The molecule has 1 fully saturated rings. The molecule has 100 valence electrons. The quantitative estimate of drug-likeness (QED) is 0.791. The number of halogens is 1. The van der Waals surface area contributed by atoms with Crippen molar-refractivity contribution in [1.29, 1.82) is 0 Å². The first-order valence-electron chi connectivity index (χ1n) is 6.48. The first-order valence-corrected chi connectivity index (χ1v) is 7.56. The molecule has 2 rings (SSSR count). The number of rotatable bonds is 6. The summed E-state index contributed by atoms with van der Waals surface area (Å²) in [6.07, 6.45) is 4.60. The maximum Gasteiger partial charge on any atom is 0.160 e. The molecule has 0 aromatic carbocycles. The number of hydrogen-bond acceptors (Lipinski definition) is 4. The molecule has 1 saturated carbocycles. The lowest BCUT2D eigenvalue weighted by Crippen LogP contribution is -2.14. The van der Waals surface area contributed by atoms with Crippen LogP contribution in [-0.2, 0) is 11.2 Å². The number of ether oxygens (including phenoxy) is 1. The van der Waals surface area contributed by atoms with E-state index in [-0.39, 0.29) is 6.10 Å². The Morgan fingerprint density at radius 1 is 1.44 bits per heavy atom. The van der Waals surface area contributed by atoms with E-state index in [1.807, 2.05) is 7.05 Å². The molecule has 18 heavy (non-hydrogen) atoms. The van der Waals surface area contributed by atoms with E-state index in [1.165, 1.54) is 12.8 Å². The minimum atomic E-state index is 0.0599. The topological polar surface area (TPSA) is 47.0 Å². The lowest BCUT2D eigenvalue weighted by atomic mass is 10.2. The highest BCUT2D eigenvalue weighted by molar-refractivity contribution is 14.1. The van der Waals surface area contributed by atoms with Gasteiger partial charge in [0.25, 0.3) is 0 Å². The zero-order chi connectivity index (χ0) is 13.1. The van der Waals surface area contributed by atoms with Crippen LogP contribution in [0.2, 0.25) is 0 Å². The fourth-order valence-electron chi connectivity index (χ4n) is 2.12. The lowest BCUT2D eigenvalue weighted by molar-refractivity contribution is 0.0771. The number of nitrogens with zero attached hydrogens (tertiary/aromatic N) is 2. The molecule has 1 N–H and O–H groups in total. The van der Waals surface area contributed by atoms with Crippen molar-refractivity contribution in [2.24, 2.45) is 5.92 Å². The van der Waals surface area contributed by atoms with E-state index in [9.17, 15) is 0 Å². The summed E-state index contributed by atoms with van der Waals surface area (Å²) in [6.45, 7) is 2.17. The van der Waals surface area contributed by atoms with Gasteiger partial charge in [0, 0.05) is 14.2 Å². The van der Waals surface area contributed by atoms with Crippen molar-refractivity contribution in [2.45, 2.75) is 38.7 Å². The van der Waals surface area contributed by atoms with E-state index in [0.717, 1.165) is 33.7 Å². The van der Waals surface area contributed by atoms with Crippen LogP contribution < -0.4 is 5.32 Å². The highest BCUT2D eigenvalue weighted by atomic mass is 127. The molecular weight excluding hydrogens is 341 g/mol. The van der Waals surface area contributed by atoms with Crippen LogP contribution in [0, 0.1) is 9.49 Å². The van der Waals surface area contributed by atoms with Gasteiger partial charge in [-0.25, -0.2) is 9.97 Å². The molecule has 1 heterocycles. The highest BCUT2D eigenvalue weighted by Gasteiger charge is 2.35. The van der Waals surface area contributed by atoms with Gasteiger partial charge in [0.2, 0.25) is 0 Å². The molecule has 1 unspecified atom stereocenters. The van der Waals surface area contributed by atoms with Crippen LogP contribution in [0.5, 0.6) is 0 Å². The molecule has 0 bridgehead atoms. The molecule has 4 nitrogen and oxygen atoms in total. The number of hydrogen-bond donors (Lipinski definition) is 1. The molecule has 0 aliphatic heterocycles. The number of methoxy groups -OCH3 is 1. The summed E-state index contributed by atoms with van der Waals surface area (Å²) in [7, 11) is 3.66. The molecule has 1 aliphatic rings. The Labute approximate surface area is 122 Å². The largest absolute Gasteiger partial charge is 0.373 e. The van der Waals surface area contributed by atoms with Crippen LogP contribution in [0.1, 0.15) is 43.8 Å². The summed E-state index contributed by atoms with van der Waals surface area (Å²) in [5.74, 6) is 2.37. The second-order valence-corrected chi connectivity index (χ2v) is 5.76. The van der Waals surface area contributed by atoms with Crippen molar-refractivity contribution in [1.82, 2.24) is 9.97 Å². The minimum absolute atomic E-state index is 0.0599. The van der Waals surface area contributed by atoms with Crippen LogP contribution in [0.4, 0.5) is 5.82 Å². The first-order chi connectivity index (χ1) is 8.71. The summed E-state index contributed by atoms with van der Waals surface area (Å²) in [5.41, 5.74) is 1.13. The minimum Gasteiger partial charge on any atom is -0.373 e. The fourth-order valence-corrected chi connectivity index (χ4v) is 2.90. The third-order valence-corrected chi connectivity index (χ3v) is 4.35. The van der Waals surface area contributed by atoms with Crippen LogP contribution in [0.15, 0.2) is 0 Å². The Bertz CT molecular complexity index is 421. The summed E-state index contributed by atoms with van der Waals surface area (Å²) in [6, 6.07) is 0. The van der Waals surface area contributed by atoms with Crippen molar-refractivity contribution in [3.05, 3.63) is 15.1 Å². The molecule has 5 heteroatoms. The van der Waals surface area contributed by atoms with Crippen molar-refractivity contribution in [2.75, 3.05) is 19.5 Å². The normalized spacial score (nSPS) is 16.7. The standard InChI is InChI=1S/C13H20IN3O/c1-4-5-9-10(14)12(15-2)17-13(16-9)11(18-3)8-6-7-8/h8,11H,4-7H2,1-3H3,(H,15,16,17). The molecule has 1 aromatic heterocycles. The zero-order valence-corrected chi connectivity index (χ0v) is 13.3. The molecule has 0 amide bonds. The van der Waals surface area contributed by atoms with Gasteiger partial charge < -0.3 is 10.1 Å². The fraction of sp³-hybridized carbons (Fsp3) is 0.692. The third kappa shape index (κ3) is 2.93. The molecule has 0 saturated heterocycles. The average Bonchev–Trinajstić information content (AvgIpc) is 3.18. The predicted octanol–water partition coefficient (Wildman–Crippen LogP) is 3.17. The van der Waals surface area contributed by atoms with E-state index in [4.69, 9.17) is 9.72 Å². The van der Waals surface area contributed by atoms with Crippen molar-refractivity contribution in [3.8, 4) is 0 Å². The predicted molar refractivity (Wildman–Crippen MR) is 80.8 cm³/mol. The highest BCUT2D eigenvalue weighted by Crippen LogP contribution is 2.42. The zero-order valence-electron chi connectivity index (χ0n) is 11.2. The average molecular weight is 361 g/mol. The Hall–Kier alpha value is -0.430. The third-order valence-electron chi connectivity index (χ3n) is 3.22. The molecule has 1 aliphatic carbocycles. The van der Waals surface area contributed by atoms with Gasteiger partial charge in [-0.1, -0.05) is 13.3 Å². The maximum absolute atomic E-state index is 5.58. The Morgan fingerprint density at radius 2 is 2.17 bits per heavy atom. The Kier molecular flexibility index (Phi) is 4.77. The molecule has 0 spiro atoms. The number of nitrogens with one attached hydrogen (secondary N) is 1. The van der Waals surface area contributed by atoms with Gasteiger partial charge in [-0.2, -0.15) is 0 Å². The van der Waals surface area contributed by atoms with Gasteiger partial charge in [-0.05, 0) is 47.8 Å². The number of aryl methyl sites for hydroxylation is 1. The van der Waals surface area contributed by atoms with Crippen molar-refractivity contribution in [3.63, 3.8) is 0 Å². The second-order valence-electron chi connectivity index (χ2n) is 4.68. The van der Waals surface area contributed by atoms with Crippen LogP contribution in [0.3, 0.4) is 0 Å². The smallest absolute Gasteiger partial charge is 0.160 e. The Balaban J connectivity index is 2.36. The van der Waals surface area contributed by atoms with Crippen LogP contribution in [0.25, 0.3) is 0 Å². The first kappa shape index (κ1) is 14.0. The van der Waals surface area contributed by atoms with Crippen LogP contribution >= 0.6 is 22.6 Å². The van der Waals surface area contributed by atoms with E-state index in [2.05, 4.69) is 39.8 Å². The SMILES string of the molecule is CCCc1nc(C(OC)C2CC2)nc(NC)c1I. The van der Waals surface area contributed by atoms with Crippen molar-refractivity contribution < 1.29 is 4.74 Å². The summed E-state index contributed by atoms with van der Waals surface area (Å²) < 4.78 is 6.71. The molecule has 1 atom stereocenters. The van der Waals surface area contributed by atoms with Gasteiger partial charge in [0.05, 0.1) is 9.26 Å². The van der Waals surface area contributed by atoms with E-state index in [0.29, 0.717) is 5.92 Å². The second kappa shape index (κ2) is 6.14. The number of aromatic nitrogens is 2. The molecule has 0 radical (unpaired) electrons. The number of anilines is 1. The van der Waals surface area contributed by atoms with Gasteiger partial charge in [0.15, 0.2) is 5.82 Å². The van der Waals surface area contributed by atoms with Gasteiger partial charge in [-0.3, -0.25) is 0 Å². The van der Waals surface area contributed by atoms with Gasteiger partial charge in [0.1, 0.15) is 11.9 Å². The summed E-state index contributed by atoms with van der Waals surface area (Å²) in [5, 5.41) is 3.16. The summed E-state index contributed by atoms with van der Waals surface area (Å²) in [4.78, 5) is 9.33. The van der Waals surface area contributed by atoms with Gasteiger partial charge in [-0.15, -0.1) is 0 Å². The van der Waals surface area contributed by atoms with E-state index in [1.54, 1.807) is 7.11 Å². The summed E-state index contributed by atoms with van der Waals surface area (Å²) >= 11 is 2.32. The van der Waals surface area contributed by atoms with Gasteiger partial charge >= 0.3 is 0 Å². The van der Waals surface area contributed by atoms with E-state index < -0.39 is 0 Å². The van der Waals surface area contributed by atoms with Crippen LogP contribution in [-0.4, -0.2) is 24.1 Å². The monoisotopic (exact) mass is 361 g/mol. The molecule has 1 aromatic rings. The van der Waals surface area contributed by atoms with E-state index >= 15 is 0 Å². The molecular formula is C13H20IN3O. The Morgan fingerprint density at radius 3 is 2.67 bits per heavy atom.